The number of aryl methyl sites for hydroxylation is 2. The van der Waals surface area contributed by atoms with E-state index in [0.717, 1.165) is 84.8 Å². The molecular weight excluding hydrogens is 552 g/mol. The highest BCUT2D eigenvalue weighted by atomic mass is 16.5. The maximum Gasteiger partial charge on any atom is 0.337 e. The lowest BCUT2D eigenvalue weighted by Crippen LogP contribution is -2.39. The van der Waals surface area contributed by atoms with Gasteiger partial charge in [0.05, 0.1) is 16.7 Å². The predicted octanol–water partition coefficient (Wildman–Crippen LogP) is 6.77. The van der Waals surface area contributed by atoms with Crippen LogP contribution in [0, 0.1) is 19.3 Å². The highest BCUT2D eigenvalue weighted by Crippen LogP contribution is 2.45. The summed E-state index contributed by atoms with van der Waals surface area (Å²) in [6.45, 7) is 17.6. The molecule has 5 heterocycles. The Hall–Kier alpha value is -3.98. The number of rotatable bonds is 6. The molecule has 1 saturated heterocycles. The second-order valence-electron chi connectivity index (χ2n) is 14.1. The molecule has 2 aliphatic rings. The van der Waals surface area contributed by atoms with E-state index in [1.54, 1.807) is 6.33 Å². The second-order valence-corrected chi connectivity index (χ2v) is 14.1. The Morgan fingerprint density at radius 3 is 2.48 bits per heavy atom. The van der Waals surface area contributed by atoms with Crippen LogP contribution < -0.4 is 9.80 Å². The van der Waals surface area contributed by atoms with E-state index >= 15 is 0 Å². The van der Waals surface area contributed by atoms with Gasteiger partial charge in [-0.15, -0.1) is 0 Å². The van der Waals surface area contributed by atoms with Crippen LogP contribution >= 0.6 is 0 Å². The molecule has 44 heavy (non-hydrogen) atoms. The highest BCUT2D eigenvalue weighted by molar-refractivity contribution is 5.89. The van der Waals surface area contributed by atoms with Crippen molar-refractivity contribution in [2.24, 2.45) is 5.41 Å². The number of carboxylic acid groups (broad SMARTS) is 1. The van der Waals surface area contributed by atoms with Gasteiger partial charge < -0.3 is 24.6 Å². The van der Waals surface area contributed by atoms with Crippen molar-refractivity contribution in [1.82, 2.24) is 19.9 Å². The van der Waals surface area contributed by atoms with Gasteiger partial charge in [0.15, 0.2) is 6.10 Å². The van der Waals surface area contributed by atoms with Crippen molar-refractivity contribution in [2.45, 2.75) is 86.0 Å². The van der Waals surface area contributed by atoms with Crippen molar-refractivity contribution in [3.63, 3.8) is 0 Å². The normalized spacial score (nSPS) is 17.5. The summed E-state index contributed by atoms with van der Waals surface area (Å²) >= 11 is 0. The molecule has 2 aliphatic heterocycles. The van der Waals surface area contributed by atoms with E-state index in [4.69, 9.17) is 9.72 Å². The van der Waals surface area contributed by atoms with E-state index in [9.17, 15) is 9.90 Å². The quantitative estimate of drug-likeness (QED) is 0.251. The van der Waals surface area contributed by atoms with Gasteiger partial charge in [-0.1, -0.05) is 32.0 Å². The minimum absolute atomic E-state index is 0.245. The van der Waals surface area contributed by atoms with Gasteiger partial charge in [-0.3, -0.25) is 4.98 Å². The number of aromatic amines is 1. The number of nitrogens with zero attached hydrogens (tertiary/aromatic N) is 5. The van der Waals surface area contributed by atoms with Gasteiger partial charge in [-0.25, -0.2) is 14.8 Å². The Labute approximate surface area is 259 Å². The topological polar surface area (TPSA) is 107 Å². The number of hydrogen-bond acceptors (Lipinski definition) is 7. The van der Waals surface area contributed by atoms with Crippen LogP contribution in [0.1, 0.15) is 81.6 Å². The Morgan fingerprint density at radius 2 is 1.77 bits per heavy atom. The van der Waals surface area contributed by atoms with E-state index in [1.165, 1.54) is 11.1 Å². The Kier molecular flexibility index (Phi) is 7.64. The number of ether oxygens (including phenoxy) is 1. The van der Waals surface area contributed by atoms with Gasteiger partial charge in [0.2, 0.25) is 0 Å². The first-order valence-electron chi connectivity index (χ1n) is 15.6. The van der Waals surface area contributed by atoms with Gasteiger partial charge in [0.1, 0.15) is 17.8 Å². The average molecular weight is 597 g/mol. The van der Waals surface area contributed by atoms with Crippen LogP contribution in [-0.2, 0) is 22.5 Å². The number of hydrogen-bond donors (Lipinski definition) is 2. The molecule has 3 aromatic heterocycles. The molecule has 9 heteroatoms. The number of carbonyl (C=O) groups is 1. The number of aliphatic carboxylic acids is 1. The lowest BCUT2D eigenvalue weighted by atomic mass is 9.81. The lowest BCUT2D eigenvalue weighted by molar-refractivity contribution is -0.160. The molecule has 0 bridgehead atoms. The van der Waals surface area contributed by atoms with E-state index in [2.05, 4.69) is 56.8 Å². The Morgan fingerprint density at radius 1 is 1.02 bits per heavy atom. The van der Waals surface area contributed by atoms with Crippen molar-refractivity contribution in [1.29, 1.82) is 0 Å². The van der Waals surface area contributed by atoms with E-state index in [0.29, 0.717) is 11.3 Å². The van der Waals surface area contributed by atoms with Crippen LogP contribution in [0.25, 0.3) is 22.2 Å². The number of nitrogens with one attached hydrogen (secondary N) is 1. The third kappa shape index (κ3) is 5.77. The summed E-state index contributed by atoms with van der Waals surface area (Å²) in [5.74, 6) is -0.0481. The zero-order valence-corrected chi connectivity index (χ0v) is 27.0. The van der Waals surface area contributed by atoms with Crippen LogP contribution in [0.15, 0.2) is 36.8 Å². The van der Waals surface area contributed by atoms with Crippen molar-refractivity contribution in [2.75, 3.05) is 29.4 Å². The zero-order chi connectivity index (χ0) is 31.4. The smallest absolute Gasteiger partial charge is 0.337 e. The monoisotopic (exact) mass is 596 g/mol. The molecule has 4 aromatic rings. The first-order chi connectivity index (χ1) is 20.8. The van der Waals surface area contributed by atoms with Gasteiger partial charge in [0.25, 0.3) is 0 Å². The molecule has 9 nitrogen and oxygen atoms in total. The molecule has 1 atom stereocenters. The maximum atomic E-state index is 12.8. The fraction of sp³-hybridized carbons (Fsp3) is 0.486. The SMILES string of the molecule is Cc1nc(C)c([C@H](OC(C)(C)C)C(=O)O)c(N2CCC(C)(C)CC2)c1-c1ccc2c(c1)CCN(c1ncnc3[nH]ccc13)C2. The molecule has 232 valence electrons. The molecule has 1 aromatic carbocycles. The third-order valence-electron chi connectivity index (χ3n) is 9.11. The summed E-state index contributed by atoms with van der Waals surface area (Å²) in [5, 5.41) is 11.5. The first kappa shape index (κ1) is 30.1. The fourth-order valence-corrected chi connectivity index (χ4v) is 6.76. The summed E-state index contributed by atoms with van der Waals surface area (Å²) in [6, 6.07) is 8.72. The van der Waals surface area contributed by atoms with Crippen LogP contribution in [-0.4, -0.2) is 56.2 Å². The summed E-state index contributed by atoms with van der Waals surface area (Å²) in [4.78, 5) is 34.6. The number of carboxylic acids is 1. The number of aromatic nitrogens is 4. The Bertz CT molecular complexity index is 1710. The number of piperidine rings is 1. The third-order valence-corrected chi connectivity index (χ3v) is 9.11. The Balaban J connectivity index is 1.44. The lowest BCUT2D eigenvalue weighted by Gasteiger charge is -2.41. The molecule has 2 N–H and O–H groups in total. The molecule has 1 fully saturated rings. The van der Waals surface area contributed by atoms with Gasteiger partial charge in [0, 0.05) is 54.9 Å². The molecule has 0 saturated carbocycles. The van der Waals surface area contributed by atoms with Crippen LogP contribution in [0.5, 0.6) is 0 Å². The van der Waals surface area contributed by atoms with Crippen molar-refractivity contribution in [3.05, 3.63) is 64.9 Å². The van der Waals surface area contributed by atoms with Crippen molar-refractivity contribution in [3.8, 4) is 11.1 Å². The zero-order valence-electron chi connectivity index (χ0n) is 27.0. The predicted molar refractivity (Wildman–Crippen MR) is 174 cm³/mol. The summed E-state index contributed by atoms with van der Waals surface area (Å²) < 4.78 is 6.25. The van der Waals surface area contributed by atoms with Crippen LogP contribution in [0.3, 0.4) is 0 Å². The molecular formula is C35H44N6O3. The van der Waals surface area contributed by atoms with E-state index < -0.39 is 17.7 Å². The summed E-state index contributed by atoms with van der Waals surface area (Å²) in [7, 11) is 0. The molecule has 0 unspecified atom stereocenters. The first-order valence-corrected chi connectivity index (χ1v) is 15.6. The molecule has 0 radical (unpaired) electrons. The minimum Gasteiger partial charge on any atom is -0.479 e. The number of H-pyrrole nitrogens is 1. The van der Waals surface area contributed by atoms with Gasteiger partial charge >= 0.3 is 5.97 Å². The van der Waals surface area contributed by atoms with Crippen LogP contribution in [0.4, 0.5) is 11.5 Å². The van der Waals surface area contributed by atoms with Gasteiger partial charge in [-0.2, -0.15) is 0 Å². The van der Waals surface area contributed by atoms with Gasteiger partial charge in [-0.05, 0) is 82.1 Å². The van der Waals surface area contributed by atoms with Crippen molar-refractivity contribution >= 4 is 28.5 Å². The van der Waals surface area contributed by atoms with Crippen LogP contribution in [0.2, 0.25) is 0 Å². The number of benzene rings is 1. The maximum absolute atomic E-state index is 12.8. The second kappa shape index (κ2) is 11.2. The summed E-state index contributed by atoms with van der Waals surface area (Å²) in [5.41, 5.74) is 8.31. The average Bonchev–Trinajstić information content (AvgIpc) is 3.44. The fourth-order valence-electron chi connectivity index (χ4n) is 6.76. The van der Waals surface area contributed by atoms with E-state index in [1.807, 2.05) is 46.9 Å². The number of anilines is 2. The molecule has 6 rings (SSSR count). The molecule has 0 amide bonds. The molecule has 0 spiro atoms. The van der Waals surface area contributed by atoms with Crippen molar-refractivity contribution < 1.29 is 14.6 Å². The molecule has 0 aliphatic carbocycles. The highest BCUT2D eigenvalue weighted by Gasteiger charge is 2.36. The summed E-state index contributed by atoms with van der Waals surface area (Å²) in [6.07, 6.45) is 5.33. The largest absolute Gasteiger partial charge is 0.479 e. The van der Waals surface area contributed by atoms with E-state index in [-0.39, 0.29) is 5.41 Å². The number of fused-ring (bicyclic) bond motifs is 2. The minimum atomic E-state index is -1.13. The number of pyridine rings is 1. The standard InChI is InChI=1S/C35H44N6O3/c1-21-27(24-8-9-25-19-41(15-11-23(25)18-24)32-26-10-14-36-31(26)37-20-38-32)29(40-16-12-35(6,7)13-17-40)28(22(2)39-21)30(33(42)43)44-34(3,4)5/h8-10,14,18,20,30H,11-13,15-17,19H2,1-7H3,(H,42,43)(H,36,37,38)/t30-/m0/s1.